The van der Waals surface area contributed by atoms with E-state index in [1.54, 1.807) is 4.90 Å². The van der Waals surface area contributed by atoms with E-state index in [-0.39, 0.29) is 12.1 Å². The van der Waals surface area contributed by atoms with Crippen molar-refractivity contribution in [2.24, 2.45) is 5.73 Å². The number of nitrogens with zero attached hydrogens (tertiary/aromatic N) is 2. The van der Waals surface area contributed by atoms with Gasteiger partial charge in [-0.05, 0) is 32.4 Å². The summed E-state index contributed by atoms with van der Waals surface area (Å²) in [6.07, 6.45) is -0.251. The lowest BCUT2D eigenvalue weighted by molar-refractivity contribution is 0.0106. The van der Waals surface area contributed by atoms with Crippen molar-refractivity contribution in [3.05, 3.63) is 34.9 Å². The lowest BCUT2D eigenvalue weighted by Gasteiger charge is -2.39. The Bertz CT molecular complexity index is 537. The van der Waals surface area contributed by atoms with Crippen LogP contribution in [0.4, 0.5) is 4.79 Å². The van der Waals surface area contributed by atoms with Crippen LogP contribution in [0.1, 0.15) is 32.4 Å². The molecule has 0 bridgehead atoms. The van der Waals surface area contributed by atoms with Crippen LogP contribution in [0, 0.1) is 0 Å². The first-order valence-corrected chi connectivity index (χ1v) is 8.36. The van der Waals surface area contributed by atoms with E-state index in [1.807, 2.05) is 45.0 Å². The van der Waals surface area contributed by atoms with Gasteiger partial charge in [0, 0.05) is 43.8 Å². The molecular formula is C17H26ClN3O2. The Morgan fingerprint density at radius 2 is 1.87 bits per heavy atom. The molecular weight excluding hydrogens is 314 g/mol. The highest BCUT2D eigenvalue weighted by Gasteiger charge is 2.29. The molecule has 0 unspecified atom stereocenters. The lowest BCUT2D eigenvalue weighted by atomic mass is 10.0. The average molecular weight is 340 g/mol. The highest BCUT2D eigenvalue weighted by Crippen LogP contribution is 2.27. The summed E-state index contributed by atoms with van der Waals surface area (Å²) in [6, 6.07) is 7.86. The van der Waals surface area contributed by atoms with E-state index in [1.165, 1.54) is 0 Å². The van der Waals surface area contributed by atoms with E-state index in [4.69, 9.17) is 22.1 Å². The molecule has 128 valence electrons. The molecule has 2 N–H and O–H groups in total. The first-order valence-electron chi connectivity index (χ1n) is 7.98. The van der Waals surface area contributed by atoms with E-state index in [2.05, 4.69) is 4.90 Å². The summed E-state index contributed by atoms with van der Waals surface area (Å²) in [4.78, 5) is 16.2. The molecule has 0 aliphatic carbocycles. The molecule has 0 radical (unpaired) electrons. The molecule has 1 heterocycles. The van der Waals surface area contributed by atoms with Gasteiger partial charge in [-0.3, -0.25) is 4.90 Å². The molecule has 1 saturated heterocycles. The van der Waals surface area contributed by atoms with Crippen LogP contribution in [0.2, 0.25) is 5.02 Å². The fourth-order valence-corrected chi connectivity index (χ4v) is 3.02. The highest BCUT2D eigenvalue weighted by molar-refractivity contribution is 6.31. The second kappa shape index (κ2) is 7.51. The number of halogens is 1. The molecule has 1 aliphatic heterocycles. The molecule has 1 amide bonds. The molecule has 2 rings (SSSR count). The normalized spacial score (nSPS) is 17.9. The van der Waals surface area contributed by atoms with Gasteiger partial charge in [-0.1, -0.05) is 29.8 Å². The van der Waals surface area contributed by atoms with Gasteiger partial charge in [0.2, 0.25) is 0 Å². The smallest absolute Gasteiger partial charge is 0.410 e. The van der Waals surface area contributed by atoms with Gasteiger partial charge in [-0.2, -0.15) is 0 Å². The molecule has 23 heavy (non-hydrogen) atoms. The topological polar surface area (TPSA) is 58.8 Å². The minimum absolute atomic E-state index is 0.0736. The van der Waals surface area contributed by atoms with E-state index in [9.17, 15) is 4.79 Å². The summed E-state index contributed by atoms with van der Waals surface area (Å²) >= 11 is 6.30. The first-order chi connectivity index (χ1) is 10.8. The molecule has 1 fully saturated rings. The van der Waals surface area contributed by atoms with Crippen LogP contribution < -0.4 is 5.73 Å². The zero-order valence-corrected chi connectivity index (χ0v) is 14.8. The van der Waals surface area contributed by atoms with Gasteiger partial charge < -0.3 is 15.4 Å². The molecule has 6 heteroatoms. The van der Waals surface area contributed by atoms with Gasteiger partial charge in [-0.25, -0.2) is 4.79 Å². The zero-order chi connectivity index (χ0) is 17.0. The second-order valence-electron chi connectivity index (χ2n) is 6.78. The number of piperazine rings is 1. The molecule has 0 aromatic heterocycles. The highest BCUT2D eigenvalue weighted by atomic mass is 35.5. The van der Waals surface area contributed by atoms with Crippen molar-refractivity contribution in [1.29, 1.82) is 0 Å². The van der Waals surface area contributed by atoms with Gasteiger partial charge in [0.1, 0.15) is 5.60 Å². The molecule has 1 aromatic rings. The van der Waals surface area contributed by atoms with Crippen molar-refractivity contribution in [3.8, 4) is 0 Å². The fraction of sp³-hybridized carbons (Fsp3) is 0.588. The zero-order valence-electron chi connectivity index (χ0n) is 14.1. The third-order valence-electron chi connectivity index (χ3n) is 3.89. The molecule has 0 spiro atoms. The predicted octanol–water partition coefficient (Wildman–Crippen LogP) is 2.89. The summed E-state index contributed by atoms with van der Waals surface area (Å²) in [7, 11) is 0. The number of carbonyl (C=O) groups excluding carboxylic acids is 1. The summed E-state index contributed by atoms with van der Waals surface area (Å²) in [5, 5.41) is 0.734. The largest absolute Gasteiger partial charge is 0.444 e. The van der Waals surface area contributed by atoms with E-state index in [0.717, 1.165) is 23.7 Å². The van der Waals surface area contributed by atoms with Crippen molar-refractivity contribution < 1.29 is 9.53 Å². The van der Waals surface area contributed by atoms with Crippen molar-refractivity contribution >= 4 is 17.7 Å². The Balaban J connectivity index is 1.98. The number of benzene rings is 1. The van der Waals surface area contributed by atoms with Crippen LogP contribution in [0.5, 0.6) is 0 Å². The number of ether oxygens (including phenoxy) is 1. The Morgan fingerprint density at radius 1 is 1.26 bits per heavy atom. The number of hydrogen-bond donors (Lipinski definition) is 1. The molecule has 1 atom stereocenters. The minimum Gasteiger partial charge on any atom is -0.444 e. The quantitative estimate of drug-likeness (QED) is 0.920. The number of carbonyl (C=O) groups is 1. The summed E-state index contributed by atoms with van der Waals surface area (Å²) in [5.41, 5.74) is 6.55. The molecule has 0 saturated carbocycles. The Hall–Kier alpha value is -1.30. The van der Waals surface area contributed by atoms with Crippen molar-refractivity contribution in [3.63, 3.8) is 0 Å². The Morgan fingerprint density at radius 3 is 2.39 bits per heavy atom. The third-order valence-corrected chi connectivity index (χ3v) is 4.24. The van der Waals surface area contributed by atoms with Crippen molar-refractivity contribution in [1.82, 2.24) is 9.80 Å². The van der Waals surface area contributed by atoms with Gasteiger partial charge in [-0.15, -0.1) is 0 Å². The van der Waals surface area contributed by atoms with Crippen LogP contribution in [0.3, 0.4) is 0 Å². The summed E-state index contributed by atoms with van der Waals surface area (Å²) < 4.78 is 5.43. The van der Waals surface area contributed by atoms with Gasteiger partial charge in [0.25, 0.3) is 0 Å². The third kappa shape index (κ3) is 4.83. The lowest BCUT2D eigenvalue weighted by Crippen LogP contribution is -2.51. The molecule has 5 nitrogen and oxygen atoms in total. The van der Waals surface area contributed by atoms with Crippen molar-refractivity contribution in [2.75, 3.05) is 32.7 Å². The molecule has 1 aromatic carbocycles. The number of rotatable bonds is 3. The monoisotopic (exact) mass is 339 g/mol. The van der Waals surface area contributed by atoms with Gasteiger partial charge >= 0.3 is 6.09 Å². The van der Waals surface area contributed by atoms with E-state index in [0.29, 0.717) is 19.6 Å². The van der Waals surface area contributed by atoms with Gasteiger partial charge in [0.05, 0.1) is 0 Å². The summed E-state index contributed by atoms with van der Waals surface area (Å²) in [5.74, 6) is 0. The Labute approximate surface area is 143 Å². The van der Waals surface area contributed by atoms with Crippen LogP contribution in [0.25, 0.3) is 0 Å². The second-order valence-corrected chi connectivity index (χ2v) is 7.18. The van der Waals surface area contributed by atoms with Crippen LogP contribution >= 0.6 is 11.6 Å². The van der Waals surface area contributed by atoms with Crippen LogP contribution in [-0.2, 0) is 4.74 Å². The van der Waals surface area contributed by atoms with Gasteiger partial charge in [0.15, 0.2) is 0 Å². The van der Waals surface area contributed by atoms with E-state index >= 15 is 0 Å². The van der Waals surface area contributed by atoms with Crippen LogP contribution in [0.15, 0.2) is 24.3 Å². The number of amides is 1. The van der Waals surface area contributed by atoms with E-state index < -0.39 is 5.60 Å². The average Bonchev–Trinajstić information content (AvgIpc) is 2.49. The maximum absolute atomic E-state index is 12.1. The summed E-state index contributed by atoms with van der Waals surface area (Å²) in [6.45, 7) is 8.91. The standard InChI is InChI=1S/C17H26ClN3O2/c1-17(2,3)23-16(22)21-10-8-20(9-11-21)15(12-19)13-6-4-5-7-14(13)18/h4-7,15H,8-12,19H2,1-3H3/t15-/m1/s1. The predicted molar refractivity (Wildman–Crippen MR) is 92.6 cm³/mol. The molecule has 1 aliphatic rings. The van der Waals surface area contributed by atoms with Crippen molar-refractivity contribution in [2.45, 2.75) is 32.4 Å². The number of hydrogen-bond acceptors (Lipinski definition) is 4. The van der Waals surface area contributed by atoms with Crippen LogP contribution in [-0.4, -0.2) is 54.2 Å². The maximum atomic E-state index is 12.1. The minimum atomic E-state index is -0.467. The SMILES string of the molecule is CC(C)(C)OC(=O)N1CCN([C@H](CN)c2ccccc2Cl)CC1. The fourth-order valence-electron chi connectivity index (χ4n) is 2.76. The first kappa shape index (κ1) is 18.0. The number of nitrogens with two attached hydrogens (primary N) is 1. The Kier molecular flexibility index (Phi) is 5.89. The maximum Gasteiger partial charge on any atom is 0.410 e.